The zero-order valence-corrected chi connectivity index (χ0v) is 26.2. The molecule has 0 amide bonds. The van der Waals surface area contributed by atoms with E-state index in [9.17, 15) is 18.1 Å². The predicted molar refractivity (Wildman–Crippen MR) is 163 cm³/mol. The summed E-state index contributed by atoms with van der Waals surface area (Å²) in [6.07, 6.45) is 2.07. The second-order valence-corrected chi connectivity index (χ2v) is 11.7. The number of nitrogens with two attached hydrogens (primary N) is 1. The number of azo groups is 1. The largest absolute Gasteiger partial charge is 1.00 e. The van der Waals surface area contributed by atoms with Gasteiger partial charge in [-0.3, -0.25) is 9.54 Å². The van der Waals surface area contributed by atoms with Crippen molar-refractivity contribution >= 4 is 69.5 Å². The van der Waals surface area contributed by atoms with Crippen LogP contribution in [0.15, 0.2) is 100 Å². The van der Waals surface area contributed by atoms with Crippen LogP contribution in [0.5, 0.6) is 5.75 Å². The topological polar surface area (TPSA) is 147 Å². The second-order valence-electron chi connectivity index (χ2n) is 9.27. The number of hydrogen-bond acceptors (Lipinski definition) is 9. The van der Waals surface area contributed by atoms with Crippen LogP contribution in [0.4, 0.5) is 17.1 Å². The molecule has 0 aliphatic rings. The van der Waals surface area contributed by atoms with E-state index in [-0.39, 0.29) is 53.9 Å². The molecule has 42 heavy (non-hydrogen) atoms. The number of pyridine rings is 1. The van der Waals surface area contributed by atoms with E-state index in [0.717, 1.165) is 25.7 Å². The average Bonchev–Trinajstić information content (AvgIpc) is 3.35. The Kier molecular flexibility index (Phi) is 8.90. The van der Waals surface area contributed by atoms with E-state index in [1.165, 1.54) is 6.07 Å². The maximum Gasteiger partial charge on any atom is 1.00 e. The molecule has 0 spiro atoms. The minimum atomic E-state index is -4.52. The summed E-state index contributed by atoms with van der Waals surface area (Å²) in [7, 11) is -4.52. The Morgan fingerprint density at radius 2 is 1.67 bits per heavy atom. The Balaban J connectivity index is 0.00000212. The molecule has 0 saturated carbocycles. The van der Waals surface area contributed by atoms with Gasteiger partial charge in [0.25, 0.3) is 10.1 Å². The third kappa shape index (κ3) is 5.77. The third-order valence-corrected chi connectivity index (χ3v) is 8.75. The molecule has 12 heteroatoms. The Bertz CT molecular complexity index is 2070. The predicted octanol–water partition coefficient (Wildman–Crippen LogP) is 4.39. The van der Waals surface area contributed by atoms with Gasteiger partial charge in [-0.15, -0.1) is 21.6 Å². The molecular formula is C30H25N4NaO5S2. The molecule has 0 fully saturated rings. The van der Waals surface area contributed by atoms with E-state index in [1.54, 1.807) is 47.9 Å². The molecule has 0 bridgehead atoms. The van der Waals surface area contributed by atoms with Gasteiger partial charge in [0.15, 0.2) is 0 Å². The number of aliphatic hydroxyl groups excluding tert-OH is 1. The minimum Gasteiger partial charge on any atom is -1.00 e. The summed E-state index contributed by atoms with van der Waals surface area (Å²) >= 11 is 1.66. The Labute approximate surface area is 269 Å². The van der Waals surface area contributed by atoms with Crippen molar-refractivity contribution < 1.29 is 53.8 Å². The molecular weight excluding hydrogens is 583 g/mol. The summed E-state index contributed by atoms with van der Waals surface area (Å²) in [6.45, 7) is 0.400. The molecule has 0 radical (unpaired) electrons. The SMILES string of the molecule is Nc1c(N=Nc2ccc(-c3c(OCCCO)ccc4c3sc3ccccc34)nc2)cc(S(=O)(=O)O)c2ccccc12.[H-].[Na+]. The molecule has 9 nitrogen and oxygen atoms in total. The van der Waals surface area contributed by atoms with Gasteiger partial charge in [0, 0.05) is 44.0 Å². The number of anilines is 1. The van der Waals surface area contributed by atoms with Crippen LogP contribution in [0.1, 0.15) is 7.85 Å². The zero-order chi connectivity index (χ0) is 28.6. The molecule has 4 N–H and O–H groups in total. The van der Waals surface area contributed by atoms with Crippen LogP contribution in [0.2, 0.25) is 0 Å². The summed E-state index contributed by atoms with van der Waals surface area (Å²) < 4.78 is 42.1. The molecule has 6 aromatic rings. The Morgan fingerprint density at radius 3 is 2.38 bits per heavy atom. The molecule has 208 valence electrons. The minimum absolute atomic E-state index is 0. The molecule has 0 aliphatic heterocycles. The van der Waals surface area contributed by atoms with Crippen LogP contribution in [-0.2, 0) is 10.1 Å². The van der Waals surface area contributed by atoms with E-state index in [4.69, 9.17) is 10.5 Å². The van der Waals surface area contributed by atoms with Crippen molar-refractivity contribution in [1.82, 2.24) is 4.98 Å². The van der Waals surface area contributed by atoms with Gasteiger partial charge >= 0.3 is 29.6 Å². The van der Waals surface area contributed by atoms with Crippen molar-refractivity contribution in [2.45, 2.75) is 11.3 Å². The average molecular weight is 609 g/mol. The van der Waals surface area contributed by atoms with Crippen LogP contribution < -0.4 is 40.0 Å². The van der Waals surface area contributed by atoms with Gasteiger partial charge in [-0.1, -0.05) is 42.5 Å². The Morgan fingerprint density at radius 1 is 0.929 bits per heavy atom. The smallest absolute Gasteiger partial charge is 1.00 e. The first-order valence-corrected chi connectivity index (χ1v) is 15.0. The first-order valence-electron chi connectivity index (χ1n) is 12.7. The van der Waals surface area contributed by atoms with Gasteiger partial charge in [0.2, 0.25) is 0 Å². The van der Waals surface area contributed by atoms with Gasteiger partial charge in [0.1, 0.15) is 22.0 Å². The fraction of sp³-hybridized carbons (Fsp3) is 0.100. The number of benzene rings is 4. The standard InChI is InChI=1S/C30H24N4O5S2.Na.H/c31-29-21-8-2-1-7-20(21)27(41(36,37)38)16-24(29)34-33-18-10-12-23(32-17-18)28-25(39-15-5-14-35)13-11-22-19-6-3-4-9-26(19)40-30(22)28;;/h1-4,6-13,16-17,35H,5,14-15,31H2,(H,36,37,38);;/q;+1;-1. The van der Waals surface area contributed by atoms with E-state index in [0.29, 0.717) is 40.9 Å². The maximum absolute atomic E-state index is 12.0. The summed E-state index contributed by atoms with van der Waals surface area (Å²) in [5.41, 5.74) is 8.56. The monoisotopic (exact) mass is 608 g/mol. The fourth-order valence-electron chi connectivity index (χ4n) is 4.73. The van der Waals surface area contributed by atoms with Crippen molar-refractivity contribution in [3.05, 3.63) is 85.1 Å². The van der Waals surface area contributed by atoms with E-state index >= 15 is 0 Å². The van der Waals surface area contributed by atoms with Crippen LogP contribution in [-0.4, -0.2) is 36.3 Å². The van der Waals surface area contributed by atoms with E-state index in [2.05, 4.69) is 27.3 Å². The van der Waals surface area contributed by atoms with Crippen LogP contribution in [0.3, 0.4) is 0 Å². The number of nitrogens with zero attached hydrogens (tertiary/aromatic N) is 3. The number of ether oxygens (including phenoxy) is 1. The maximum atomic E-state index is 12.0. The van der Waals surface area contributed by atoms with Gasteiger partial charge in [0.05, 0.1) is 29.7 Å². The van der Waals surface area contributed by atoms with Crippen molar-refractivity contribution in [1.29, 1.82) is 0 Å². The molecule has 6 rings (SSSR count). The second kappa shape index (κ2) is 12.4. The summed E-state index contributed by atoms with van der Waals surface area (Å²) in [6, 6.07) is 23.5. The quantitative estimate of drug-likeness (QED) is 0.0763. The van der Waals surface area contributed by atoms with Crippen LogP contribution >= 0.6 is 11.3 Å². The number of hydrogen-bond donors (Lipinski definition) is 3. The summed E-state index contributed by atoms with van der Waals surface area (Å²) in [4.78, 5) is 4.36. The van der Waals surface area contributed by atoms with Crippen molar-refractivity contribution in [3.8, 4) is 17.0 Å². The number of nitrogen functional groups attached to an aromatic ring is 1. The Hall–Kier alpha value is -3.42. The molecule has 0 aliphatic carbocycles. The van der Waals surface area contributed by atoms with E-state index in [1.807, 2.05) is 30.3 Å². The van der Waals surface area contributed by atoms with Gasteiger partial charge in [-0.05, 0) is 36.4 Å². The molecule has 4 aromatic carbocycles. The summed E-state index contributed by atoms with van der Waals surface area (Å²) in [5.74, 6) is 0.668. The van der Waals surface area contributed by atoms with Gasteiger partial charge in [-0.2, -0.15) is 8.42 Å². The van der Waals surface area contributed by atoms with Crippen molar-refractivity contribution in [2.75, 3.05) is 18.9 Å². The zero-order valence-electron chi connectivity index (χ0n) is 23.6. The van der Waals surface area contributed by atoms with Gasteiger partial charge < -0.3 is 17.0 Å². The number of aromatic nitrogens is 1. The van der Waals surface area contributed by atoms with E-state index < -0.39 is 10.1 Å². The first kappa shape index (κ1) is 30.1. The fourth-order valence-corrected chi connectivity index (χ4v) is 6.70. The van der Waals surface area contributed by atoms with Crippen molar-refractivity contribution in [2.24, 2.45) is 10.2 Å². The summed E-state index contributed by atoms with van der Waals surface area (Å²) in [5, 5.41) is 20.6. The van der Waals surface area contributed by atoms with Crippen LogP contribution in [0.25, 0.3) is 42.2 Å². The number of thiophene rings is 1. The van der Waals surface area contributed by atoms with Gasteiger partial charge in [-0.25, -0.2) is 0 Å². The molecule has 0 saturated heterocycles. The molecule has 0 atom stereocenters. The normalized spacial score (nSPS) is 11.9. The van der Waals surface area contributed by atoms with Crippen molar-refractivity contribution in [3.63, 3.8) is 0 Å². The third-order valence-electron chi connectivity index (χ3n) is 6.65. The molecule has 2 heterocycles. The first-order chi connectivity index (χ1) is 19.8. The van der Waals surface area contributed by atoms with Crippen LogP contribution in [0, 0.1) is 0 Å². The number of rotatable bonds is 8. The number of fused-ring (bicyclic) bond motifs is 4. The number of aliphatic hydroxyl groups is 1. The molecule has 0 unspecified atom stereocenters. The molecule has 2 aromatic heterocycles.